The number of hydrogen-bond acceptors (Lipinski definition) is 5. The average Bonchev–Trinajstić information content (AvgIpc) is 3.09. The number of carbonyl (C=O) groups is 2. The van der Waals surface area contributed by atoms with Crippen molar-refractivity contribution in [1.82, 2.24) is 0 Å². The van der Waals surface area contributed by atoms with Crippen LogP contribution in [-0.2, 0) is 19.0 Å². The van der Waals surface area contributed by atoms with Gasteiger partial charge in [-0.2, -0.15) is 0 Å². The van der Waals surface area contributed by atoms with Crippen LogP contribution in [0.3, 0.4) is 0 Å². The highest BCUT2D eigenvalue weighted by Crippen LogP contribution is 2.22. The number of carbonyl (C=O) groups excluding carboxylic acids is 2. The van der Waals surface area contributed by atoms with Crippen LogP contribution in [0.15, 0.2) is 24.3 Å². The Labute approximate surface area is 135 Å². The number of rotatable bonds is 4. The summed E-state index contributed by atoms with van der Waals surface area (Å²) in [7, 11) is 0. The van der Waals surface area contributed by atoms with E-state index < -0.39 is 6.10 Å². The van der Waals surface area contributed by atoms with Gasteiger partial charge in [0.1, 0.15) is 6.10 Å². The molecule has 23 heavy (non-hydrogen) atoms. The van der Waals surface area contributed by atoms with E-state index in [9.17, 15) is 9.59 Å². The number of anilines is 1. The van der Waals surface area contributed by atoms with E-state index in [1.54, 1.807) is 24.3 Å². The number of benzene rings is 1. The molecule has 1 aromatic carbocycles. The molecule has 2 aliphatic rings. The third-order valence-electron chi connectivity index (χ3n) is 4.07. The second kappa shape index (κ2) is 7.57. The van der Waals surface area contributed by atoms with Crippen LogP contribution < -0.4 is 5.32 Å². The molecular weight excluding hydrogens is 298 g/mol. The second-order valence-electron chi connectivity index (χ2n) is 5.81. The smallest absolute Gasteiger partial charge is 0.338 e. The second-order valence-corrected chi connectivity index (χ2v) is 5.81. The van der Waals surface area contributed by atoms with E-state index in [0.717, 1.165) is 25.7 Å². The number of ether oxygens (including phenoxy) is 3. The molecule has 6 heteroatoms. The first kappa shape index (κ1) is 16.0. The molecule has 1 heterocycles. The molecule has 1 aliphatic heterocycles. The lowest BCUT2D eigenvalue weighted by Gasteiger charge is -2.22. The number of hydrogen-bond donors (Lipinski definition) is 1. The van der Waals surface area contributed by atoms with E-state index in [4.69, 9.17) is 14.2 Å². The van der Waals surface area contributed by atoms with Crippen molar-refractivity contribution < 1.29 is 23.8 Å². The van der Waals surface area contributed by atoms with Crippen LogP contribution in [0.2, 0.25) is 0 Å². The molecule has 0 bridgehead atoms. The summed E-state index contributed by atoms with van der Waals surface area (Å²) in [5.41, 5.74) is 1.11. The molecular formula is C17H21NO5. The molecule has 1 amide bonds. The van der Waals surface area contributed by atoms with Gasteiger partial charge in [-0.05, 0) is 49.9 Å². The minimum atomic E-state index is -0.587. The fourth-order valence-corrected chi connectivity index (χ4v) is 2.78. The van der Waals surface area contributed by atoms with Crippen molar-refractivity contribution in [3.63, 3.8) is 0 Å². The predicted octanol–water partition coefficient (Wildman–Crippen LogP) is 2.14. The Bertz CT molecular complexity index is 545. The summed E-state index contributed by atoms with van der Waals surface area (Å²) in [6, 6.07) is 6.69. The molecule has 6 nitrogen and oxygen atoms in total. The molecule has 1 unspecified atom stereocenters. The van der Waals surface area contributed by atoms with E-state index in [1.807, 2.05) is 0 Å². The zero-order chi connectivity index (χ0) is 16.1. The van der Waals surface area contributed by atoms with E-state index in [-0.39, 0.29) is 24.6 Å². The maximum atomic E-state index is 12.0. The normalized spacial score (nSPS) is 21.8. The van der Waals surface area contributed by atoms with Gasteiger partial charge in [-0.3, -0.25) is 4.79 Å². The maximum Gasteiger partial charge on any atom is 0.338 e. The molecule has 0 radical (unpaired) electrons. The van der Waals surface area contributed by atoms with Gasteiger partial charge in [0, 0.05) is 5.69 Å². The number of amides is 1. The van der Waals surface area contributed by atoms with E-state index in [1.165, 1.54) is 0 Å². The molecule has 1 N–H and O–H groups in total. The van der Waals surface area contributed by atoms with Gasteiger partial charge >= 0.3 is 5.97 Å². The zero-order valence-electron chi connectivity index (χ0n) is 13.0. The Balaban J connectivity index is 1.53. The summed E-state index contributed by atoms with van der Waals surface area (Å²) in [6.07, 6.45) is 3.60. The van der Waals surface area contributed by atoms with E-state index in [0.29, 0.717) is 24.5 Å². The number of esters is 1. The summed E-state index contributed by atoms with van der Waals surface area (Å²) in [4.78, 5) is 24.0. The van der Waals surface area contributed by atoms with Gasteiger partial charge in [0.15, 0.2) is 6.10 Å². The van der Waals surface area contributed by atoms with Gasteiger partial charge in [-0.1, -0.05) is 0 Å². The van der Waals surface area contributed by atoms with Gasteiger partial charge in [0.05, 0.1) is 25.4 Å². The summed E-state index contributed by atoms with van der Waals surface area (Å²) in [6.45, 7) is 1.20. The molecule has 0 aromatic heterocycles. The Kier molecular flexibility index (Phi) is 5.25. The first-order valence-corrected chi connectivity index (χ1v) is 8.03. The minimum absolute atomic E-state index is 0.0466. The predicted molar refractivity (Wildman–Crippen MR) is 83.3 cm³/mol. The quantitative estimate of drug-likeness (QED) is 0.861. The van der Waals surface area contributed by atoms with Crippen LogP contribution in [0.25, 0.3) is 0 Å². The molecule has 1 aromatic rings. The van der Waals surface area contributed by atoms with Crippen molar-refractivity contribution in [1.29, 1.82) is 0 Å². The summed E-state index contributed by atoms with van der Waals surface area (Å²) < 4.78 is 16.0. The van der Waals surface area contributed by atoms with Crippen LogP contribution in [0.1, 0.15) is 36.0 Å². The highest BCUT2D eigenvalue weighted by atomic mass is 16.6. The first-order valence-electron chi connectivity index (χ1n) is 8.03. The van der Waals surface area contributed by atoms with Crippen molar-refractivity contribution in [3.8, 4) is 0 Å². The van der Waals surface area contributed by atoms with Crippen molar-refractivity contribution in [2.24, 2.45) is 0 Å². The summed E-state index contributed by atoms with van der Waals surface area (Å²) >= 11 is 0. The maximum absolute atomic E-state index is 12.0. The van der Waals surface area contributed by atoms with Crippen LogP contribution in [-0.4, -0.2) is 43.9 Å². The van der Waals surface area contributed by atoms with Gasteiger partial charge in [0.25, 0.3) is 5.91 Å². The fraction of sp³-hybridized carbons (Fsp3) is 0.529. The molecule has 1 saturated heterocycles. The standard InChI is InChI=1S/C17H21NO5/c19-16(15-11-21-9-10-22-15)18-13-7-5-12(6-8-13)17(20)23-14-3-1-2-4-14/h5-8,14-15H,1-4,9-11H2,(H,18,19). The van der Waals surface area contributed by atoms with Gasteiger partial charge in [-0.15, -0.1) is 0 Å². The minimum Gasteiger partial charge on any atom is -0.459 e. The zero-order valence-corrected chi connectivity index (χ0v) is 13.0. The van der Waals surface area contributed by atoms with Crippen LogP contribution in [0, 0.1) is 0 Å². The third-order valence-corrected chi connectivity index (χ3v) is 4.07. The summed E-state index contributed by atoms with van der Waals surface area (Å²) in [5.74, 6) is -0.551. The molecule has 0 spiro atoms. The highest BCUT2D eigenvalue weighted by molar-refractivity contribution is 5.95. The van der Waals surface area contributed by atoms with E-state index >= 15 is 0 Å². The summed E-state index contributed by atoms with van der Waals surface area (Å²) in [5, 5.41) is 2.75. The van der Waals surface area contributed by atoms with Crippen molar-refractivity contribution >= 4 is 17.6 Å². The molecule has 1 atom stereocenters. The molecule has 1 aliphatic carbocycles. The van der Waals surface area contributed by atoms with Gasteiger partial charge in [-0.25, -0.2) is 4.79 Å². The van der Waals surface area contributed by atoms with Gasteiger partial charge in [0.2, 0.25) is 0 Å². The number of nitrogens with one attached hydrogen (secondary N) is 1. The molecule has 1 saturated carbocycles. The third kappa shape index (κ3) is 4.30. The monoisotopic (exact) mass is 319 g/mol. The Morgan fingerprint density at radius 2 is 1.83 bits per heavy atom. The lowest BCUT2D eigenvalue weighted by atomic mass is 10.2. The highest BCUT2D eigenvalue weighted by Gasteiger charge is 2.23. The van der Waals surface area contributed by atoms with Crippen molar-refractivity contribution in [2.75, 3.05) is 25.1 Å². The van der Waals surface area contributed by atoms with Gasteiger partial charge < -0.3 is 19.5 Å². The molecule has 124 valence electrons. The fourth-order valence-electron chi connectivity index (χ4n) is 2.78. The van der Waals surface area contributed by atoms with Crippen LogP contribution >= 0.6 is 0 Å². The Morgan fingerprint density at radius 3 is 2.48 bits per heavy atom. The Morgan fingerprint density at radius 1 is 1.09 bits per heavy atom. The largest absolute Gasteiger partial charge is 0.459 e. The van der Waals surface area contributed by atoms with E-state index in [2.05, 4.69) is 5.32 Å². The SMILES string of the molecule is O=C(OC1CCCC1)c1ccc(NC(=O)C2COCCO2)cc1. The lowest BCUT2D eigenvalue weighted by Crippen LogP contribution is -2.39. The molecule has 2 fully saturated rings. The average molecular weight is 319 g/mol. The van der Waals surface area contributed by atoms with Crippen LogP contribution in [0.5, 0.6) is 0 Å². The lowest BCUT2D eigenvalue weighted by molar-refractivity contribution is -0.142. The topological polar surface area (TPSA) is 73.9 Å². The van der Waals surface area contributed by atoms with Crippen molar-refractivity contribution in [2.45, 2.75) is 37.9 Å². The van der Waals surface area contributed by atoms with Crippen LogP contribution in [0.4, 0.5) is 5.69 Å². The first-order chi connectivity index (χ1) is 11.2. The molecule has 3 rings (SSSR count). The Hall–Kier alpha value is -1.92. The van der Waals surface area contributed by atoms with Crippen molar-refractivity contribution in [3.05, 3.63) is 29.8 Å².